The van der Waals surface area contributed by atoms with Gasteiger partial charge in [0.1, 0.15) is 0 Å². The van der Waals surface area contributed by atoms with Crippen molar-refractivity contribution in [3.63, 3.8) is 0 Å². The quantitative estimate of drug-likeness (QED) is 0.166. The van der Waals surface area contributed by atoms with Gasteiger partial charge in [-0.15, -0.1) is 0 Å². The highest BCUT2D eigenvalue weighted by Crippen LogP contribution is 2.50. The third kappa shape index (κ3) is 6.93. The Kier molecular flexibility index (Phi) is 12.6. The summed E-state index contributed by atoms with van der Waals surface area (Å²) in [5.74, 6) is 0.181. The lowest BCUT2D eigenvalue weighted by Crippen LogP contribution is -2.24. The van der Waals surface area contributed by atoms with Crippen LogP contribution in [0.25, 0.3) is 18.2 Å². The Hall–Kier alpha value is -5.08. The topological polar surface area (TPSA) is 6.48 Å². The van der Waals surface area contributed by atoms with Crippen molar-refractivity contribution in [3.05, 3.63) is 176 Å². The molecule has 0 saturated heterocycles. The lowest BCUT2D eigenvalue weighted by atomic mass is 9.83. The predicted molar refractivity (Wildman–Crippen MR) is 199 cm³/mol. The fourth-order valence-corrected chi connectivity index (χ4v) is 5.53. The summed E-state index contributed by atoms with van der Waals surface area (Å²) in [5, 5.41) is 0. The van der Waals surface area contributed by atoms with E-state index in [0.29, 0.717) is 0 Å². The van der Waals surface area contributed by atoms with Crippen molar-refractivity contribution in [2.24, 2.45) is 0 Å². The molecule has 2 nitrogen and oxygen atoms in total. The average Bonchev–Trinajstić information content (AvgIpc) is 3.07. The zero-order chi connectivity index (χ0) is 32.1. The second-order valence-electron chi connectivity index (χ2n) is 10.3. The van der Waals surface area contributed by atoms with Crippen molar-refractivity contribution in [1.29, 1.82) is 0 Å². The van der Waals surface area contributed by atoms with E-state index in [9.17, 15) is 0 Å². The maximum absolute atomic E-state index is 4.38. The largest absolute Gasteiger partial charge is 0.310 e. The summed E-state index contributed by atoms with van der Waals surface area (Å²) in [4.78, 5) is 4.59. The standard InChI is InChI=1S/C42H46N2/c1-10-18-31-39-40(32(9)13-4)42(44(34(15-6)26-12-3)36-29-23-20-24-30-36)38(17-8)37(16-7)41(39)43(33(14-5)25-11-2)35-27-21-19-22-28-35/h10-12,14-32H,1,3,6-8,13H2,2,4-5,9H3/b25-11-,31-18-,33-14+,34-26+. The van der Waals surface area contributed by atoms with Crippen molar-refractivity contribution in [3.8, 4) is 0 Å². The van der Waals surface area contributed by atoms with Crippen LogP contribution in [-0.2, 0) is 0 Å². The van der Waals surface area contributed by atoms with Crippen LogP contribution in [-0.4, -0.2) is 0 Å². The fraction of sp³-hybridized carbons (Fsp3) is 0.143. The van der Waals surface area contributed by atoms with Gasteiger partial charge >= 0.3 is 0 Å². The van der Waals surface area contributed by atoms with Gasteiger partial charge in [0.05, 0.1) is 11.4 Å². The molecule has 1 unspecified atom stereocenters. The molecule has 0 fully saturated rings. The van der Waals surface area contributed by atoms with Crippen LogP contribution in [0.15, 0.2) is 154 Å². The highest BCUT2D eigenvalue weighted by Gasteiger charge is 2.31. The monoisotopic (exact) mass is 578 g/mol. The Morgan fingerprint density at radius 2 is 1.27 bits per heavy atom. The first-order chi connectivity index (χ1) is 21.5. The molecular formula is C42H46N2. The smallest absolute Gasteiger partial charge is 0.0616 e. The Morgan fingerprint density at radius 3 is 1.70 bits per heavy atom. The van der Waals surface area contributed by atoms with Gasteiger partial charge in [0.15, 0.2) is 0 Å². The summed E-state index contributed by atoms with van der Waals surface area (Å²) in [6.45, 7) is 29.6. The average molecular weight is 579 g/mol. The van der Waals surface area contributed by atoms with E-state index in [2.05, 4.69) is 136 Å². The molecule has 0 aromatic heterocycles. The minimum absolute atomic E-state index is 0.181. The third-order valence-electron chi connectivity index (χ3n) is 7.64. The van der Waals surface area contributed by atoms with E-state index in [1.54, 1.807) is 6.08 Å². The number of para-hydroxylation sites is 2. The highest BCUT2D eigenvalue weighted by atomic mass is 15.2. The first-order valence-electron chi connectivity index (χ1n) is 15.2. The molecule has 3 rings (SSSR count). The van der Waals surface area contributed by atoms with Crippen molar-refractivity contribution in [2.75, 3.05) is 9.80 Å². The van der Waals surface area contributed by atoms with Gasteiger partial charge in [-0.1, -0.05) is 132 Å². The Morgan fingerprint density at radius 1 is 0.727 bits per heavy atom. The molecule has 0 bridgehead atoms. The first kappa shape index (κ1) is 33.4. The van der Waals surface area contributed by atoms with Gasteiger partial charge < -0.3 is 9.80 Å². The molecule has 0 N–H and O–H groups in total. The number of hydrogen-bond acceptors (Lipinski definition) is 2. The lowest BCUT2D eigenvalue weighted by molar-refractivity contribution is 0.731. The summed E-state index contributed by atoms with van der Waals surface area (Å²) in [5.41, 5.74) is 10.3. The first-order valence-corrected chi connectivity index (χ1v) is 15.2. The molecule has 44 heavy (non-hydrogen) atoms. The van der Waals surface area contributed by atoms with Crippen molar-refractivity contribution in [1.82, 2.24) is 0 Å². The minimum atomic E-state index is 0.181. The number of hydrogen-bond donors (Lipinski definition) is 0. The molecule has 2 heteroatoms. The molecule has 0 aliphatic carbocycles. The van der Waals surface area contributed by atoms with Crippen LogP contribution in [0.3, 0.4) is 0 Å². The van der Waals surface area contributed by atoms with Gasteiger partial charge in [-0.05, 0) is 74.2 Å². The van der Waals surface area contributed by atoms with Gasteiger partial charge in [0, 0.05) is 39.5 Å². The molecular weight excluding hydrogens is 532 g/mol. The minimum Gasteiger partial charge on any atom is -0.310 e. The molecule has 224 valence electrons. The van der Waals surface area contributed by atoms with E-state index < -0.39 is 0 Å². The maximum Gasteiger partial charge on any atom is 0.0616 e. The van der Waals surface area contributed by atoms with E-state index >= 15 is 0 Å². The van der Waals surface area contributed by atoms with E-state index in [-0.39, 0.29) is 5.92 Å². The number of nitrogens with zero attached hydrogens (tertiary/aromatic N) is 2. The van der Waals surface area contributed by atoms with E-state index in [4.69, 9.17) is 0 Å². The lowest BCUT2D eigenvalue weighted by Gasteiger charge is -2.37. The summed E-state index contributed by atoms with van der Waals surface area (Å²) in [7, 11) is 0. The Balaban J connectivity index is 2.77. The van der Waals surface area contributed by atoms with Gasteiger partial charge in [-0.25, -0.2) is 0 Å². The highest BCUT2D eigenvalue weighted by molar-refractivity contribution is 5.97. The molecule has 3 aromatic carbocycles. The fourth-order valence-electron chi connectivity index (χ4n) is 5.53. The molecule has 0 aliphatic rings. The Bertz CT molecular complexity index is 1600. The zero-order valence-corrected chi connectivity index (χ0v) is 26.8. The van der Waals surface area contributed by atoms with Gasteiger partial charge in [0.2, 0.25) is 0 Å². The maximum atomic E-state index is 4.38. The van der Waals surface area contributed by atoms with Gasteiger partial charge in [0.25, 0.3) is 0 Å². The summed E-state index contributed by atoms with van der Waals surface area (Å²) in [6.07, 6.45) is 22.9. The SMILES string of the molecule is C=C/C=C\c1c(C(C)CC)c(N(/C(C=C)=C/C=C)c2ccccc2)c(C=C)c(C=C)c1N(C(/C=C\C)=C/C)c1ccccc1. The van der Waals surface area contributed by atoms with Gasteiger partial charge in [-0.3, -0.25) is 0 Å². The molecule has 0 heterocycles. The van der Waals surface area contributed by atoms with E-state index in [1.807, 2.05) is 55.5 Å². The summed E-state index contributed by atoms with van der Waals surface area (Å²) < 4.78 is 0. The molecule has 0 aliphatic heterocycles. The van der Waals surface area contributed by atoms with Crippen LogP contribution in [0.5, 0.6) is 0 Å². The van der Waals surface area contributed by atoms with Crippen molar-refractivity contribution in [2.45, 2.75) is 40.0 Å². The second-order valence-corrected chi connectivity index (χ2v) is 10.3. The number of allylic oxidation sites excluding steroid dienone is 8. The number of rotatable bonds is 15. The molecule has 1 atom stereocenters. The normalized spacial score (nSPS) is 12.6. The van der Waals surface area contributed by atoms with Crippen LogP contribution < -0.4 is 9.80 Å². The number of benzene rings is 3. The van der Waals surface area contributed by atoms with Gasteiger partial charge in [-0.2, -0.15) is 0 Å². The van der Waals surface area contributed by atoms with Crippen LogP contribution in [0, 0.1) is 0 Å². The van der Waals surface area contributed by atoms with Crippen LogP contribution >= 0.6 is 0 Å². The third-order valence-corrected chi connectivity index (χ3v) is 7.64. The van der Waals surface area contributed by atoms with Crippen molar-refractivity contribution < 1.29 is 0 Å². The molecule has 0 spiro atoms. The summed E-state index contributed by atoms with van der Waals surface area (Å²) in [6, 6.07) is 20.9. The summed E-state index contributed by atoms with van der Waals surface area (Å²) >= 11 is 0. The second kappa shape index (κ2) is 16.5. The van der Waals surface area contributed by atoms with Crippen LogP contribution in [0.4, 0.5) is 22.7 Å². The molecule has 3 aromatic rings. The molecule has 0 saturated carbocycles. The van der Waals surface area contributed by atoms with E-state index in [0.717, 1.165) is 57.3 Å². The molecule has 0 amide bonds. The zero-order valence-electron chi connectivity index (χ0n) is 26.8. The van der Waals surface area contributed by atoms with Crippen LogP contribution in [0.2, 0.25) is 0 Å². The molecule has 0 radical (unpaired) electrons. The Labute approximate surface area is 266 Å². The number of anilines is 4. The van der Waals surface area contributed by atoms with Crippen molar-refractivity contribution >= 4 is 41.0 Å². The predicted octanol–water partition coefficient (Wildman–Crippen LogP) is 12.7. The van der Waals surface area contributed by atoms with E-state index in [1.165, 1.54) is 5.56 Å². The van der Waals surface area contributed by atoms with Crippen LogP contribution in [0.1, 0.15) is 62.3 Å².